The van der Waals surface area contributed by atoms with Crippen molar-refractivity contribution in [2.75, 3.05) is 12.8 Å². The summed E-state index contributed by atoms with van der Waals surface area (Å²) in [6.45, 7) is 0. The van der Waals surface area contributed by atoms with Gasteiger partial charge in [0, 0.05) is 6.20 Å². The fourth-order valence-electron chi connectivity index (χ4n) is 1.09. The second-order valence-corrected chi connectivity index (χ2v) is 3.10. The molecule has 0 fully saturated rings. The van der Waals surface area contributed by atoms with Crippen LogP contribution < -0.4 is 10.5 Å². The summed E-state index contributed by atoms with van der Waals surface area (Å²) in [6.07, 6.45) is 2.29. The first kappa shape index (κ1) is 13.6. The zero-order valence-corrected chi connectivity index (χ0v) is 9.71. The van der Waals surface area contributed by atoms with Gasteiger partial charge in [0.25, 0.3) is 0 Å². The van der Waals surface area contributed by atoms with Crippen LogP contribution in [0.15, 0.2) is 36.5 Å². The van der Waals surface area contributed by atoms with Crippen molar-refractivity contribution >= 4 is 12.1 Å². The van der Waals surface area contributed by atoms with E-state index in [1.165, 1.54) is 25.3 Å². The Morgan fingerprint density at radius 1 is 1.33 bits per heavy atom. The van der Waals surface area contributed by atoms with E-state index in [0.717, 1.165) is 0 Å². The van der Waals surface area contributed by atoms with E-state index < -0.39 is 5.95 Å². The van der Waals surface area contributed by atoms with Gasteiger partial charge in [0.2, 0.25) is 11.8 Å². The first-order valence-electron chi connectivity index (χ1n) is 4.99. The van der Waals surface area contributed by atoms with Crippen LogP contribution >= 0.6 is 0 Å². The molecule has 2 aromatic rings. The minimum atomic E-state index is -0.537. The van der Waals surface area contributed by atoms with Gasteiger partial charge in [0.15, 0.2) is 6.29 Å². The predicted molar refractivity (Wildman–Crippen MR) is 64.8 cm³/mol. The van der Waals surface area contributed by atoms with Crippen LogP contribution in [0.1, 0.15) is 10.4 Å². The number of pyridine rings is 2. The van der Waals surface area contributed by atoms with Crippen molar-refractivity contribution < 1.29 is 13.9 Å². The fraction of sp³-hybridized carbons (Fsp3) is 0.0833. The van der Waals surface area contributed by atoms with E-state index in [2.05, 4.69) is 9.97 Å². The van der Waals surface area contributed by atoms with E-state index in [0.29, 0.717) is 17.7 Å². The topological polar surface area (TPSA) is 78.1 Å². The van der Waals surface area contributed by atoms with Gasteiger partial charge in [-0.05, 0) is 24.3 Å². The van der Waals surface area contributed by atoms with Crippen molar-refractivity contribution in [2.24, 2.45) is 0 Å². The smallest absolute Gasteiger partial charge is 0.223 e. The number of carbonyl (C=O) groups is 1. The summed E-state index contributed by atoms with van der Waals surface area (Å²) in [4.78, 5) is 17.4. The Kier molecular flexibility index (Phi) is 5.24. The molecule has 0 unspecified atom stereocenters. The van der Waals surface area contributed by atoms with E-state index in [1.807, 2.05) is 0 Å². The second-order valence-electron chi connectivity index (χ2n) is 3.10. The third-order valence-corrected chi connectivity index (χ3v) is 1.86. The van der Waals surface area contributed by atoms with Gasteiger partial charge < -0.3 is 10.5 Å². The zero-order chi connectivity index (χ0) is 13.4. The molecule has 0 aromatic carbocycles. The lowest BCUT2D eigenvalue weighted by Crippen LogP contribution is -1.91. The Balaban J connectivity index is 0.000000184. The quantitative estimate of drug-likeness (QED) is 0.647. The second kappa shape index (κ2) is 6.95. The molecule has 0 aliphatic heterocycles. The van der Waals surface area contributed by atoms with Gasteiger partial charge in [-0.2, -0.15) is 4.39 Å². The van der Waals surface area contributed by atoms with Gasteiger partial charge >= 0.3 is 0 Å². The Morgan fingerprint density at radius 2 is 2.11 bits per heavy atom. The predicted octanol–water partition coefficient (Wildman–Crippen LogP) is 1.71. The molecule has 0 saturated carbocycles. The summed E-state index contributed by atoms with van der Waals surface area (Å²) in [5.41, 5.74) is 5.58. The van der Waals surface area contributed by atoms with Crippen LogP contribution in [0, 0.1) is 5.95 Å². The number of nitrogens with zero attached hydrogens (tertiary/aromatic N) is 2. The van der Waals surface area contributed by atoms with E-state index >= 15 is 0 Å². The minimum Gasteiger partial charge on any atom is -0.480 e. The number of nitrogens with two attached hydrogens (primary N) is 1. The van der Waals surface area contributed by atoms with Crippen LogP contribution in [-0.2, 0) is 0 Å². The minimum absolute atomic E-state index is 0.213. The first-order valence-corrected chi connectivity index (χ1v) is 4.99. The summed E-state index contributed by atoms with van der Waals surface area (Å²) in [6, 6.07) is 7.63. The fourth-order valence-corrected chi connectivity index (χ4v) is 1.09. The summed E-state index contributed by atoms with van der Waals surface area (Å²) in [5.74, 6) is 0.0486. The lowest BCUT2D eigenvalue weighted by molar-refractivity contribution is 0.112. The third-order valence-electron chi connectivity index (χ3n) is 1.86. The lowest BCUT2D eigenvalue weighted by Gasteiger charge is -1.98. The molecule has 2 N–H and O–H groups in total. The number of methoxy groups -OCH3 is 1. The molecule has 5 nitrogen and oxygen atoms in total. The number of carbonyl (C=O) groups excluding carboxylic acids is 1. The van der Waals surface area contributed by atoms with Crippen LogP contribution in [0.25, 0.3) is 0 Å². The Morgan fingerprint density at radius 3 is 2.56 bits per heavy atom. The number of ether oxygens (including phenoxy) is 1. The van der Waals surface area contributed by atoms with Gasteiger partial charge in [0.05, 0.1) is 12.7 Å². The molecule has 0 radical (unpaired) electrons. The van der Waals surface area contributed by atoms with E-state index in [9.17, 15) is 9.18 Å². The van der Waals surface area contributed by atoms with Crippen molar-refractivity contribution in [1.82, 2.24) is 9.97 Å². The van der Waals surface area contributed by atoms with Gasteiger partial charge in [0.1, 0.15) is 5.82 Å². The normalized spacial score (nSPS) is 9.00. The highest BCUT2D eigenvalue weighted by Gasteiger charge is 1.98. The number of hydrogen-bond acceptors (Lipinski definition) is 5. The molecule has 2 aromatic heterocycles. The summed E-state index contributed by atoms with van der Waals surface area (Å²) in [7, 11) is 1.48. The van der Waals surface area contributed by atoms with Crippen LogP contribution in [-0.4, -0.2) is 23.4 Å². The average molecular weight is 249 g/mol. The number of halogens is 1. The van der Waals surface area contributed by atoms with Gasteiger partial charge in [-0.25, -0.2) is 9.97 Å². The molecule has 0 amide bonds. The molecule has 0 spiro atoms. The average Bonchev–Trinajstić information content (AvgIpc) is 2.39. The van der Waals surface area contributed by atoms with Crippen molar-refractivity contribution in [1.29, 1.82) is 0 Å². The van der Waals surface area contributed by atoms with Crippen LogP contribution in [0.2, 0.25) is 0 Å². The van der Waals surface area contributed by atoms with Crippen LogP contribution in [0.4, 0.5) is 10.2 Å². The molecule has 94 valence electrons. The van der Waals surface area contributed by atoms with Crippen molar-refractivity contribution in [3.05, 3.63) is 48.0 Å². The third kappa shape index (κ3) is 4.17. The molecule has 0 bridgehead atoms. The number of anilines is 1. The largest absolute Gasteiger partial charge is 0.480 e. The molecule has 0 aliphatic carbocycles. The van der Waals surface area contributed by atoms with Gasteiger partial charge in [-0.15, -0.1) is 0 Å². The molecule has 6 heteroatoms. The Hall–Kier alpha value is -2.50. The molecule has 2 rings (SSSR count). The Bertz CT molecular complexity index is 503. The van der Waals surface area contributed by atoms with E-state index in [4.69, 9.17) is 10.5 Å². The maximum absolute atomic E-state index is 12.0. The highest BCUT2D eigenvalue weighted by molar-refractivity contribution is 5.77. The molecular formula is C12H12FN3O2. The van der Waals surface area contributed by atoms with Crippen molar-refractivity contribution in [3.8, 4) is 5.88 Å². The highest BCUT2D eigenvalue weighted by atomic mass is 19.1. The molecule has 0 saturated heterocycles. The van der Waals surface area contributed by atoms with Crippen molar-refractivity contribution in [2.45, 2.75) is 0 Å². The van der Waals surface area contributed by atoms with E-state index in [-0.39, 0.29) is 5.82 Å². The summed E-state index contributed by atoms with van der Waals surface area (Å²) in [5, 5.41) is 0. The standard InChI is InChI=1S/C7H7NO2.C5H5FN2/c1-10-7-6(5-9)3-2-4-8-7;6-4-2-1-3-5(7)8-4/h2-5H,1H3;1-3H,(H2,7,8). The number of aldehydes is 1. The first-order chi connectivity index (χ1) is 8.67. The number of hydrogen-bond donors (Lipinski definition) is 1. The maximum Gasteiger partial charge on any atom is 0.223 e. The van der Waals surface area contributed by atoms with E-state index in [1.54, 1.807) is 18.3 Å². The van der Waals surface area contributed by atoms with Gasteiger partial charge in [-0.1, -0.05) is 6.07 Å². The van der Waals surface area contributed by atoms with Crippen molar-refractivity contribution in [3.63, 3.8) is 0 Å². The maximum atomic E-state index is 12.0. The van der Waals surface area contributed by atoms with Crippen LogP contribution in [0.3, 0.4) is 0 Å². The SMILES string of the molecule is COc1ncccc1C=O.Nc1cccc(F)n1. The van der Waals surface area contributed by atoms with Crippen LogP contribution in [0.5, 0.6) is 5.88 Å². The number of rotatable bonds is 2. The molecule has 2 heterocycles. The Labute approximate surface area is 103 Å². The monoisotopic (exact) mass is 249 g/mol. The zero-order valence-electron chi connectivity index (χ0n) is 9.71. The number of nitrogen functional groups attached to an aromatic ring is 1. The summed E-state index contributed by atoms with van der Waals surface area (Å²) >= 11 is 0. The molecule has 0 atom stereocenters. The summed E-state index contributed by atoms with van der Waals surface area (Å²) < 4.78 is 16.8. The highest BCUT2D eigenvalue weighted by Crippen LogP contribution is 2.09. The molecular weight excluding hydrogens is 237 g/mol. The molecule has 0 aliphatic rings. The van der Waals surface area contributed by atoms with Gasteiger partial charge in [-0.3, -0.25) is 4.79 Å². The molecule has 18 heavy (non-hydrogen) atoms. The lowest BCUT2D eigenvalue weighted by atomic mass is 10.3. The number of aromatic nitrogens is 2.